The monoisotopic (exact) mass is 554 g/mol. The lowest BCUT2D eigenvalue weighted by Gasteiger charge is -2.35. The molecule has 0 fully saturated rings. The first kappa shape index (κ1) is 30.2. The highest BCUT2D eigenvalue weighted by Gasteiger charge is 2.37. The molecule has 0 bridgehead atoms. The summed E-state index contributed by atoms with van der Waals surface area (Å²) in [6, 6.07) is 15.3. The third-order valence-corrected chi connectivity index (χ3v) is 11.2. The Kier molecular flexibility index (Phi) is 9.18. The standard InChI is InChI=1S/C30H42N2O6Si/c1-29(2,3)38-28(34)36-23-16-15-22(25(33)18-23)17-26-24(20-35-39(8,9)30(4,5)6)31-27(37-26)32(7)19-21-13-11-10-12-14-21/h10-16,18,33H,17,19-20H2,1-9H3. The molecular formula is C30H42N2O6Si. The third-order valence-electron chi connectivity index (χ3n) is 6.73. The number of carbonyl (C=O) groups excluding carboxylic acids is 1. The van der Waals surface area contributed by atoms with Crippen LogP contribution in [0.25, 0.3) is 0 Å². The van der Waals surface area contributed by atoms with E-state index in [4.69, 9.17) is 23.3 Å². The molecular weight excluding hydrogens is 512 g/mol. The van der Waals surface area contributed by atoms with Crippen LogP contribution in [-0.4, -0.2) is 37.2 Å². The predicted octanol–water partition coefficient (Wildman–Crippen LogP) is 7.44. The molecule has 2 aromatic carbocycles. The van der Waals surface area contributed by atoms with E-state index in [1.54, 1.807) is 32.9 Å². The van der Waals surface area contributed by atoms with Crippen LogP contribution in [0.1, 0.15) is 64.1 Å². The number of aromatic nitrogens is 1. The summed E-state index contributed by atoms with van der Waals surface area (Å²) in [4.78, 5) is 18.8. The predicted molar refractivity (Wildman–Crippen MR) is 155 cm³/mol. The van der Waals surface area contributed by atoms with E-state index in [9.17, 15) is 9.90 Å². The average Bonchev–Trinajstić information content (AvgIpc) is 3.21. The van der Waals surface area contributed by atoms with Crippen molar-refractivity contribution in [1.29, 1.82) is 0 Å². The summed E-state index contributed by atoms with van der Waals surface area (Å²) in [7, 11) is -0.106. The van der Waals surface area contributed by atoms with Crippen molar-refractivity contribution in [2.45, 2.75) is 84.8 Å². The fourth-order valence-electron chi connectivity index (χ4n) is 3.47. The normalized spacial score (nSPS) is 12.3. The summed E-state index contributed by atoms with van der Waals surface area (Å²) in [6.45, 7) is 17.2. The van der Waals surface area contributed by atoms with E-state index in [2.05, 4.69) is 46.0 Å². The van der Waals surface area contributed by atoms with Gasteiger partial charge in [-0.2, -0.15) is 4.98 Å². The fraction of sp³-hybridized carbons (Fsp3) is 0.467. The number of ether oxygens (including phenoxy) is 2. The van der Waals surface area contributed by atoms with E-state index in [-0.39, 0.29) is 16.5 Å². The van der Waals surface area contributed by atoms with Crippen LogP contribution in [0.5, 0.6) is 11.5 Å². The van der Waals surface area contributed by atoms with Gasteiger partial charge in [-0.3, -0.25) is 0 Å². The lowest BCUT2D eigenvalue weighted by atomic mass is 10.1. The van der Waals surface area contributed by atoms with Crippen molar-refractivity contribution in [3.8, 4) is 11.5 Å². The average molecular weight is 555 g/mol. The highest BCUT2D eigenvalue weighted by atomic mass is 28.4. The molecule has 0 amide bonds. The molecule has 1 N–H and O–H groups in total. The second-order valence-electron chi connectivity index (χ2n) is 12.3. The Hall–Kier alpha value is -3.30. The van der Waals surface area contributed by atoms with Crippen LogP contribution in [0.2, 0.25) is 18.1 Å². The number of anilines is 1. The molecule has 0 aliphatic rings. The van der Waals surface area contributed by atoms with Crippen molar-refractivity contribution in [3.63, 3.8) is 0 Å². The molecule has 0 aliphatic heterocycles. The number of oxazole rings is 1. The van der Waals surface area contributed by atoms with Crippen LogP contribution in [0.4, 0.5) is 10.8 Å². The van der Waals surface area contributed by atoms with Crippen LogP contribution in [-0.2, 0) is 28.7 Å². The van der Waals surface area contributed by atoms with E-state index in [0.717, 1.165) is 5.56 Å². The van der Waals surface area contributed by atoms with E-state index < -0.39 is 20.1 Å². The zero-order valence-electron chi connectivity index (χ0n) is 24.6. The SMILES string of the molecule is CN(Cc1ccccc1)c1nc(CO[Si](C)(C)C(C)(C)C)c(Cc2ccc(OC(=O)OC(C)(C)C)cc2O)o1. The zero-order chi connectivity index (χ0) is 29.0. The molecule has 0 saturated carbocycles. The van der Waals surface area contributed by atoms with Gasteiger partial charge in [0.1, 0.15) is 28.6 Å². The summed E-state index contributed by atoms with van der Waals surface area (Å²) < 4.78 is 23.1. The second kappa shape index (κ2) is 11.8. The van der Waals surface area contributed by atoms with Crippen molar-refractivity contribution < 1.29 is 28.2 Å². The molecule has 3 aromatic rings. The second-order valence-corrected chi connectivity index (χ2v) is 17.1. The van der Waals surface area contributed by atoms with Crippen LogP contribution >= 0.6 is 0 Å². The number of phenolic OH excluding ortho intramolecular Hbond substituents is 1. The van der Waals surface area contributed by atoms with Gasteiger partial charge in [-0.05, 0) is 50.5 Å². The molecule has 9 heteroatoms. The zero-order valence-corrected chi connectivity index (χ0v) is 25.6. The number of nitrogens with zero attached hydrogens (tertiary/aromatic N) is 2. The Morgan fingerprint density at radius 2 is 1.72 bits per heavy atom. The molecule has 0 radical (unpaired) electrons. The van der Waals surface area contributed by atoms with Crippen molar-refractivity contribution in [3.05, 3.63) is 71.1 Å². The molecule has 0 atom stereocenters. The Morgan fingerprint density at radius 3 is 2.31 bits per heavy atom. The van der Waals surface area contributed by atoms with E-state index in [1.807, 2.05) is 30.1 Å². The van der Waals surface area contributed by atoms with Gasteiger partial charge in [0.15, 0.2) is 8.32 Å². The summed E-state index contributed by atoms with van der Waals surface area (Å²) in [5.41, 5.74) is 1.76. The number of hydrogen-bond acceptors (Lipinski definition) is 8. The molecule has 212 valence electrons. The van der Waals surface area contributed by atoms with Gasteiger partial charge in [-0.25, -0.2) is 4.79 Å². The summed E-state index contributed by atoms with van der Waals surface area (Å²) in [6.07, 6.45) is -0.540. The first-order valence-electron chi connectivity index (χ1n) is 13.1. The smallest absolute Gasteiger partial charge is 0.508 e. The Labute approximate surface area is 233 Å². The van der Waals surface area contributed by atoms with Crippen LogP contribution < -0.4 is 9.64 Å². The molecule has 0 saturated heterocycles. The van der Waals surface area contributed by atoms with Gasteiger partial charge < -0.3 is 28.3 Å². The van der Waals surface area contributed by atoms with Gasteiger partial charge >= 0.3 is 6.16 Å². The lowest BCUT2D eigenvalue weighted by molar-refractivity contribution is 0.0206. The number of phenols is 1. The topological polar surface area (TPSA) is 94.3 Å². The quantitative estimate of drug-likeness (QED) is 0.166. The minimum Gasteiger partial charge on any atom is -0.508 e. The molecule has 3 rings (SSSR count). The van der Waals surface area contributed by atoms with Gasteiger partial charge in [-0.15, -0.1) is 0 Å². The van der Waals surface area contributed by atoms with Crippen molar-refractivity contribution >= 4 is 20.5 Å². The molecule has 0 unspecified atom stereocenters. The molecule has 8 nitrogen and oxygen atoms in total. The summed E-state index contributed by atoms with van der Waals surface area (Å²) in [5, 5.41) is 10.8. The van der Waals surface area contributed by atoms with Gasteiger partial charge in [-0.1, -0.05) is 57.2 Å². The van der Waals surface area contributed by atoms with E-state index in [1.165, 1.54) is 6.07 Å². The van der Waals surface area contributed by atoms with Crippen LogP contribution in [0, 0.1) is 0 Å². The maximum atomic E-state index is 12.0. The maximum absolute atomic E-state index is 12.0. The van der Waals surface area contributed by atoms with Crippen molar-refractivity contribution in [1.82, 2.24) is 4.98 Å². The van der Waals surface area contributed by atoms with Gasteiger partial charge in [0.2, 0.25) is 0 Å². The maximum Gasteiger partial charge on any atom is 0.514 e. The molecule has 1 heterocycles. The number of aromatic hydroxyl groups is 1. The number of hydrogen-bond donors (Lipinski definition) is 1. The molecule has 0 aliphatic carbocycles. The molecule has 1 aromatic heterocycles. The van der Waals surface area contributed by atoms with Gasteiger partial charge in [0.25, 0.3) is 6.01 Å². The Balaban J connectivity index is 1.84. The van der Waals surface area contributed by atoms with Crippen molar-refractivity contribution in [2.75, 3.05) is 11.9 Å². The van der Waals surface area contributed by atoms with Crippen LogP contribution in [0.3, 0.4) is 0 Å². The molecule has 0 spiro atoms. The number of rotatable bonds is 9. The minimum absolute atomic E-state index is 0.0251. The largest absolute Gasteiger partial charge is 0.514 e. The highest BCUT2D eigenvalue weighted by molar-refractivity contribution is 6.74. The van der Waals surface area contributed by atoms with Gasteiger partial charge in [0.05, 0.1) is 6.61 Å². The van der Waals surface area contributed by atoms with E-state index in [0.29, 0.717) is 42.6 Å². The number of benzene rings is 2. The Bertz CT molecular complexity index is 1260. The Morgan fingerprint density at radius 1 is 1.05 bits per heavy atom. The fourth-order valence-corrected chi connectivity index (χ4v) is 4.40. The minimum atomic E-state index is -2.04. The first-order valence-corrected chi connectivity index (χ1v) is 16.1. The van der Waals surface area contributed by atoms with Crippen molar-refractivity contribution in [2.24, 2.45) is 0 Å². The highest BCUT2D eigenvalue weighted by Crippen LogP contribution is 2.38. The summed E-state index contributed by atoms with van der Waals surface area (Å²) >= 11 is 0. The van der Waals surface area contributed by atoms with Crippen LogP contribution in [0.15, 0.2) is 52.9 Å². The lowest BCUT2D eigenvalue weighted by Crippen LogP contribution is -2.40. The third kappa shape index (κ3) is 8.59. The van der Waals surface area contributed by atoms with E-state index >= 15 is 0 Å². The van der Waals surface area contributed by atoms with Gasteiger partial charge in [0, 0.05) is 31.6 Å². The molecule has 39 heavy (non-hydrogen) atoms. The number of carbonyl (C=O) groups is 1. The summed E-state index contributed by atoms with van der Waals surface area (Å²) in [5.74, 6) is 0.774. The first-order chi connectivity index (χ1) is 18.0.